The minimum absolute atomic E-state index is 0.0112. The second-order valence-corrected chi connectivity index (χ2v) is 9.18. The van der Waals surface area contributed by atoms with Gasteiger partial charge >= 0.3 is 0 Å². The van der Waals surface area contributed by atoms with E-state index < -0.39 is 5.25 Å². The van der Waals surface area contributed by atoms with Gasteiger partial charge < -0.3 is 5.32 Å². The lowest BCUT2D eigenvalue weighted by Gasteiger charge is -2.16. The van der Waals surface area contributed by atoms with Crippen molar-refractivity contribution >= 4 is 51.7 Å². The maximum Gasteiger partial charge on any atom is 0.242 e. The molecule has 3 aromatic carbocycles. The van der Waals surface area contributed by atoms with Gasteiger partial charge in [-0.15, -0.1) is 0 Å². The highest BCUT2D eigenvalue weighted by atomic mass is 35.5. The normalized spacial score (nSPS) is 16.9. The lowest BCUT2D eigenvalue weighted by atomic mass is 10.2. The Balaban J connectivity index is 1.53. The predicted molar refractivity (Wildman–Crippen MR) is 131 cm³/mol. The van der Waals surface area contributed by atoms with Crippen LogP contribution in [0.4, 0.5) is 15.8 Å². The summed E-state index contributed by atoms with van der Waals surface area (Å²) >= 11 is 7.37. The van der Waals surface area contributed by atoms with Gasteiger partial charge in [-0.2, -0.15) is 0 Å². The Labute approximate surface area is 200 Å². The third kappa shape index (κ3) is 5.80. The zero-order valence-corrected chi connectivity index (χ0v) is 19.4. The average Bonchev–Trinajstić information content (AvgIpc) is 3.07. The van der Waals surface area contributed by atoms with Crippen LogP contribution >= 0.6 is 23.4 Å². The smallest absolute Gasteiger partial charge is 0.242 e. The number of rotatable bonds is 6. The van der Waals surface area contributed by atoms with Crippen LogP contribution in [0.15, 0.2) is 77.8 Å². The number of thioether (sulfide) groups is 1. The molecule has 1 aliphatic heterocycles. The van der Waals surface area contributed by atoms with Gasteiger partial charge in [0.05, 0.1) is 12.2 Å². The van der Waals surface area contributed by atoms with E-state index in [-0.39, 0.29) is 24.1 Å². The first kappa shape index (κ1) is 23.0. The van der Waals surface area contributed by atoms with Crippen molar-refractivity contribution in [3.05, 3.63) is 94.8 Å². The van der Waals surface area contributed by atoms with Gasteiger partial charge in [0.2, 0.25) is 11.8 Å². The first-order valence-corrected chi connectivity index (χ1v) is 11.6. The molecule has 1 atom stereocenters. The molecule has 0 unspecified atom stereocenters. The van der Waals surface area contributed by atoms with E-state index in [1.165, 1.54) is 23.9 Å². The molecule has 4 rings (SSSR count). The fourth-order valence-corrected chi connectivity index (χ4v) is 4.65. The number of benzene rings is 3. The SMILES string of the molecule is Cc1ccc(NC(=O)C[C@H]2SC(=Nc3ccc(F)cc3)N(Cc3ccccc3)C2=O)cc1Cl. The molecule has 1 aliphatic rings. The molecule has 1 heterocycles. The standard InChI is InChI=1S/C25H21ClFN3O2S/c1-16-7-10-20(13-21(16)26)28-23(31)14-22-24(32)30(15-17-5-3-2-4-6-17)25(33-22)29-19-11-8-18(27)9-12-19/h2-13,22H,14-15H2,1H3,(H,28,31)/t22-/m1/s1. The van der Waals surface area contributed by atoms with E-state index in [1.807, 2.05) is 43.3 Å². The number of nitrogens with zero attached hydrogens (tertiary/aromatic N) is 2. The van der Waals surface area contributed by atoms with Crippen LogP contribution in [0.1, 0.15) is 17.5 Å². The number of amidine groups is 1. The van der Waals surface area contributed by atoms with Gasteiger partial charge in [0.25, 0.3) is 0 Å². The highest BCUT2D eigenvalue weighted by Gasteiger charge is 2.39. The number of carbonyl (C=O) groups excluding carboxylic acids is 2. The van der Waals surface area contributed by atoms with Gasteiger partial charge in [-0.05, 0) is 54.4 Å². The Morgan fingerprint density at radius 3 is 2.55 bits per heavy atom. The second kappa shape index (κ2) is 10.2. The summed E-state index contributed by atoms with van der Waals surface area (Å²) in [6.07, 6.45) is -0.0112. The predicted octanol–water partition coefficient (Wildman–Crippen LogP) is 5.95. The Morgan fingerprint density at radius 2 is 1.85 bits per heavy atom. The Kier molecular flexibility index (Phi) is 7.11. The highest BCUT2D eigenvalue weighted by molar-refractivity contribution is 8.15. The van der Waals surface area contributed by atoms with Crippen LogP contribution in [0, 0.1) is 12.7 Å². The summed E-state index contributed by atoms with van der Waals surface area (Å²) in [5, 5.41) is 3.22. The van der Waals surface area contributed by atoms with Gasteiger partial charge in [0.1, 0.15) is 11.1 Å². The molecule has 168 valence electrons. The minimum Gasteiger partial charge on any atom is -0.326 e. The van der Waals surface area contributed by atoms with E-state index in [2.05, 4.69) is 10.3 Å². The van der Waals surface area contributed by atoms with E-state index in [1.54, 1.807) is 29.2 Å². The second-order valence-electron chi connectivity index (χ2n) is 7.60. The number of hydrogen-bond acceptors (Lipinski definition) is 4. The van der Waals surface area contributed by atoms with E-state index in [4.69, 9.17) is 11.6 Å². The molecule has 1 saturated heterocycles. The van der Waals surface area contributed by atoms with E-state index >= 15 is 0 Å². The molecular formula is C25H21ClFN3O2S. The lowest BCUT2D eigenvalue weighted by Crippen LogP contribution is -2.33. The summed E-state index contributed by atoms with van der Waals surface area (Å²) in [5.41, 5.74) is 2.96. The molecule has 0 spiro atoms. The van der Waals surface area contributed by atoms with Crippen LogP contribution in [0.3, 0.4) is 0 Å². The van der Waals surface area contributed by atoms with Crippen LogP contribution in [0.2, 0.25) is 5.02 Å². The van der Waals surface area contributed by atoms with Crippen molar-refractivity contribution in [3.63, 3.8) is 0 Å². The molecule has 0 radical (unpaired) electrons. The first-order chi connectivity index (χ1) is 15.9. The summed E-state index contributed by atoms with van der Waals surface area (Å²) in [6.45, 7) is 2.21. The maximum absolute atomic E-state index is 13.3. The molecule has 2 amide bonds. The number of nitrogens with one attached hydrogen (secondary N) is 1. The maximum atomic E-state index is 13.3. The largest absolute Gasteiger partial charge is 0.326 e. The molecule has 5 nitrogen and oxygen atoms in total. The summed E-state index contributed by atoms with van der Waals surface area (Å²) in [6, 6.07) is 20.6. The monoisotopic (exact) mass is 481 g/mol. The molecule has 33 heavy (non-hydrogen) atoms. The molecule has 3 aromatic rings. The molecular weight excluding hydrogens is 461 g/mol. The zero-order valence-electron chi connectivity index (χ0n) is 17.8. The topological polar surface area (TPSA) is 61.8 Å². The van der Waals surface area contributed by atoms with Crippen molar-refractivity contribution in [2.45, 2.75) is 25.1 Å². The van der Waals surface area contributed by atoms with Crippen molar-refractivity contribution in [1.82, 2.24) is 4.90 Å². The fraction of sp³-hybridized carbons (Fsp3) is 0.160. The van der Waals surface area contributed by atoms with Crippen LogP contribution in [0.25, 0.3) is 0 Å². The van der Waals surface area contributed by atoms with Crippen molar-refractivity contribution in [2.24, 2.45) is 4.99 Å². The molecule has 0 aliphatic carbocycles. The van der Waals surface area contributed by atoms with Gasteiger partial charge in [-0.25, -0.2) is 9.38 Å². The molecule has 8 heteroatoms. The summed E-state index contributed by atoms with van der Waals surface area (Å²) < 4.78 is 13.3. The summed E-state index contributed by atoms with van der Waals surface area (Å²) in [5.74, 6) is -0.841. The lowest BCUT2D eigenvalue weighted by molar-refractivity contribution is -0.128. The molecule has 1 N–H and O–H groups in total. The molecule has 0 saturated carbocycles. The molecule has 0 aromatic heterocycles. The van der Waals surface area contributed by atoms with Crippen molar-refractivity contribution in [1.29, 1.82) is 0 Å². The number of carbonyl (C=O) groups is 2. The summed E-state index contributed by atoms with van der Waals surface area (Å²) in [7, 11) is 0. The number of aliphatic imine (C=N–C) groups is 1. The van der Waals surface area contributed by atoms with Gasteiger partial charge in [0.15, 0.2) is 5.17 Å². The third-order valence-corrected chi connectivity index (χ3v) is 6.66. The van der Waals surface area contributed by atoms with Gasteiger partial charge in [-0.3, -0.25) is 14.5 Å². The van der Waals surface area contributed by atoms with E-state index in [0.29, 0.717) is 28.1 Å². The van der Waals surface area contributed by atoms with E-state index in [0.717, 1.165) is 11.1 Å². The molecule has 1 fully saturated rings. The zero-order chi connectivity index (χ0) is 23.4. The Morgan fingerprint density at radius 1 is 1.12 bits per heavy atom. The highest BCUT2D eigenvalue weighted by Crippen LogP contribution is 2.33. The first-order valence-electron chi connectivity index (χ1n) is 10.3. The Hall–Kier alpha value is -3.16. The summed E-state index contributed by atoms with van der Waals surface area (Å²) in [4.78, 5) is 32.0. The van der Waals surface area contributed by atoms with Crippen LogP contribution in [-0.2, 0) is 16.1 Å². The van der Waals surface area contributed by atoms with Crippen molar-refractivity contribution in [2.75, 3.05) is 5.32 Å². The quantitative estimate of drug-likeness (QED) is 0.473. The third-order valence-electron chi connectivity index (χ3n) is 5.08. The van der Waals surface area contributed by atoms with Crippen molar-refractivity contribution < 1.29 is 14.0 Å². The number of anilines is 1. The van der Waals surface area contributed by atoms with Crippen molar-refractivity contribution in [3.8, 4) is 0 Å². The minimum atomic E-state index is -0.617. The van der Waals surface area contributed by atoms with Crippen LogP contribution in [-0.4, -0.2) is 27.1 Å². The molecule has 0 bridgehead atoms. The van der Waals surface area contributed by atoms with Gasteiger partial charge in [-0.1, -0.05) is 59.8 Å². The van der Waals surface area contributed by atoms with E-state index in [9.17, 15) is 14.0 Å². The number of amides is 2. The Bertz CT molecular complexity index is 1200. The fourth-order valence-electron chi connectivity index (χ4n) is 3.31. The average molecular weight is 482 g/mol. The van der Waals surface area contributed by atoms with Gasteiger partial charge in [0, 0.05) is 17.1 Å². The van der Waals surface area contributed by atoms with Crippen LogP contribution in [0.5, 0.6) is 0 Å². The van der Waals surface area contributed by atoms with Crippen LogP contribution < -0.4 is 5.32 Å². The number of hydrogen-bond donors (Lipinski definition) is 1. The number of aryl methyl sites for hydroxylation is 1. The number of halogens is 2.